The van der Waals surface area contributed by atoms with Gasteiger partial charge in [-0.15, -0.1) is 0 Å². The number of nitrogens with zero attached hydrogens (tertiary/aromatic N) is 4. The summed E-state index contributed by atoms with van der Waals surface area (Å²) < 4.78 is 1.87. The first-order valence-corrected chi connectivity index (χ1v) is 11.0. The number of aromatic amines is 1. The van der Waals surface area contributed by atoms with E-state index in [1.54, 1.807) is 12.3 Å². The lowest BCUT2D eigenvalue weighted by Crippen LogP contribution is -2.18. The molecule has 0 aliphatic carbocycles. The summed E-state index contributed by atoms with van der Waals surface area (Å²) in [4.78, 5) is 12.5. The Hall–Kier alpha value is -4.00. The van der Waals surface area contributed by atoms with Crippen LogP contribution in [0.15, 0.2) is 65.8 Å². The highest BCUT2D eigenvalue weighted by Crippen LogP contribution is 2.20. The van der Waals surface area contributed by atoms with Crippen molar-refractivity contribution >= 4 is 12.1 Å². The van der Waals surface area contributed by atoms with Gasteiger partial charge in [-0.3, -0.25) is 9.89 Å². The van der Waals surface area contributed by atoms with Crippen molar-refractivity contribution in [2.24, 2.45) is 11.0 Å². The molecule has 0 saturated carbocycles. The van der Waals surface area contributed by atoms with Crippen LogP contribution in [0.25, 0.3) is 16.9 Å². The van der Waals surface area contributed by atoms with Crippen LogP contribution in [0.4, 0.5) is 0 Å². The van der Waals surface area contributed by atoms with Crippen molar-refractivity contribution in [2.45, 2.75) is 34.1 Å². The third-order valence-corrected chi connectivity index (χ3v) is 5.42. The minimum absolute atomic E-state index is 0.349. The minimum atomic E-state index is -0.354. The van der Waals surface area contributed by atoms with E-state index in [0.717, 1.165) is 40.3 Å². The van der Waals surface area contributed by atoms with Crippen LogP contribution in [0.5, 0.6) is 0 Å². The van der Waals surface area contributed by atoms with Gasteiger partial charge in [-0.05, 0) is 49.9 Å². The summed E-state index contributed by atoms with van der Waals surface area (Å²) in [6.07, 6.45) is 2.66. The number of hydrogen-bond donors (Lipinski definition) is 2. The van der Waals surface area contributed by atoms with Crippen molar-refractivity contribution in [3.8, 4) is 16.9 Å². The molecule has 1 amide bonds. The number of carbonyl (C=O) groups excluding carboxylic acids is 1. The fraction of sp³-hybridized carbons (Fsp3) is 0.231. The van der Waals surface area contributed by atoms with Gasteiger partial charge in [-0.2, -0.15) is 15.3 Å². The van der Waals surface area contributed by atoms with Crippen molar-refractivity contribution in [2.75, 3.05) is 0 Å². The van der Waals surface area contributed by atoms with Crippen LogP contribution in [-0.4, -0.2) is 32.1 Å². The quantitative estimate of drug-likeness (QED) is 0.318. The molecule has 2 aromatic heterocycles. The second kappa shape index (κ2) is 9.65. The van der Waals surface area contributed by atoms with Gasteiger partial charge in [0.1, 0.15) is 5.69 Å². The molecule has 2 N–H and O–H groups in total. The van der Waals surface area contributed by atoms with Crippen molar-refractivity contribution in [1.82, 2.24) is 25.4 Å². The van der Waals surface area contributed by atoms with Gasteiger partial charge >= 0.3 is 0 Å². The Bertz CT molecular complexity index is 1270. The van der Waals surface area contributed by atoms with Gasteiger partial charge in [0.05, 0.1) is 29.0 Å². The molecule has 0 unspecified atom stereocenters. The number of amides is 1. The molecule has 4 aromatic rings. The van der Waals surface area contributed by atoms with Gasteiger partial charge < -0.3 is 0 Å². The summed E-state index contributed by atoms with van der Waals surface area (Å²) in [6.45, 7) is 8.30. The lowest BCUT2D eigenvalue weighted by Gasteiger charge is -2.05. The van der Waals surface area contributed by atoms with E-state index < -0.39 is 0 Å². The van der Waals surface area contributed by atoms with E-state index in [2.05, 4.69) is 51.8 Å². The summed E-state index contributed by atoms with van der Waals surface area (Å²) in [5, 5.41) is 15.8. The molecule has 0 atom stereocenters. The topological polar surface area (TPSA) is 88.0 Å². The Balaban J connectivity index is 1.43. The first-order chi connectivity index (χ1) is 15.9. The number of hydrazone groups is 1. The van der Waals surface area contributed by atoms with Crippen LogP contribution < -0.4 is 5.43 Å². The zero-order chi connectivity index (χ0) is 23.4. The molecular weight excluding hydrogens is 412 g/mol. The molecule has 33 heavy (non-hydrogen) atoms. The standard InChI is InChI=1S/C26H28N6O/c1-17(2)14-20-10-12-21(13-11-20)24-15-25(29-28-24)26(33)30-27-16-23-18(3)31-32(19(23)4)22-8-6-5-7-9-22/h5-13,15-17H,14H2,1-4H3,(H,28,29)(H,30,33)/b27-16+. The fourth-order valence-corrected chi connectivity index (χ4v) is 3.75. The number of carbonyl (C=O) groups is 1. The molecule has 2 aromatic carbocycles. The van der Waals surface area contributed by atoms with E-state index in [1.165, 1.54) is 5.56 Å². The maximum absolute atomic E-state index is 12.5. The Morgan fingerprint density at radius 1 is 1.12 bits per heavy atom. The maximum Gasteiger partial charge on any atom is 0.289 e. The highest BCUT2D eigenvalue weighted by molar-refractivity contribution is 5.94. The highest BCUT2D eigenvalue weighted by Gasteiger charge is 2.13. The second-order valence-electron chi connectivity index (χ2n) is 8.49. The molecule has 168 valence electrons. The second-order valence-corrected chi connectivity index (χ2v) is 8.49. The average Bonchev–Trinajstić information content (AvgIpc) is 3.40. The number of hydrogen-bond acceptors (Lipinski definition) is 4. The highest BCUT2D eigenvalue weighted by atomic mass is 16.2. The number of H-pyrrole nitrogens is 1. The van der Waals surface area contributed by atoms with Crippen LogP contribution in [0.1, 0.15) is 46.9 Å². The number of para-hydroxylation sites is 1. The molecule has 2 heterocycles. The lowest BCUT2D eigenvalue weighted by molar-refractivity contribution is 0.0950. The van der Waals surface area contributed by atoms with Gasteiger partial charge in [0.15, 0.2) is 0 Å². The van der Waals surface area contributed by atoms with E-state index in [9.17, 15) is 4.79 Å². The first-order valence-electron chi connectivity index (χ1n) is 11.0. The van der Waals surface area contributed by atoms with Crippen LogP contribution in [-0.2, 0) is 6.42 Å². The molecule has 0 aliphatic rings. The third kappa shape index (κ3) is 5.09. The summed E-state index contributed by atoms with van der Waals surface area (Å²) in [6, 6.07) is 19.9. The normalized spacial score (nSPS) is 11.4. The average molecular weight is 441 g/mol. The smallest absolute Gasteiger partial charge is 0.272 e. The van der Waals surface area contributed by atoms with Crippen LogP contribution in [0.2, 0.25) is 0 Å². The van der Waals surface area contributed by atoms with Gasteiger partial charge in [0.25, 0.3) is 5.91 Å². The van der Waals surface area contributed by atoms with E-state index in [-0.39, 0.29) is 5.91 Å². The van der Waals surface area contributed by atoms with Crippen molar-refractivity contribution in [3.63, 3.8) is 0 Å². The number of benzene rings is 2. The Labute approximate surface area is 193 Å². The monoisotopic (exact) mass is 440 g/mol. The van der Waals surface area contributed by atoms with Gasteiger partial charge in [-0.1, -0.05) is 56.3 Å². The number of aryl methyl sites for hydroxylation is 1. The molecule has 0 fully saturated rings. The fourth-order valence-electron chi connectivity index (χ4n) is 3.75. The summed E-state index contributed by atoms with van der Waals surface area (Å²) >= 11 is 0. The van der Waals surface area contributed by atoms with Gasteiger partial charge in [-0.25, -0.2) is 10.1 Å². The Kier molecular flexibility index (Phi) is 6.49. The predicted molar refractivity (Wildman–Crippen MR) is 131 cm³/mol. The summed E-state index contributed by atoms with van der Waals surface area (Å²) in [7, 11) is 0. The largest absolute Gasteiger partial charge is 0.289 e. The molecule has 0 spiro atoms. The van der Waals surface area contributed by atoms with E-state index >= 15 is 0 Å². The summed E-state index contributed by atoms with van der Waals surface area (Å²) in [5.41, 5.74) is 9.51. The molecule has 4 rings (SSSR count). The molecule has 7 nitrogen and oxygen atoms in total. The lowest BCUT2D eigenvalue weighted by atomic mass is 10.0. The Morgan fingerprint density at radius 3 is 2.55 bits per heavy atom. The van der Waals surface area contributed by atoms with Gasteiger partial charge in [0.2, 0.25) is 0 Å². The first kappa shape index (κ1) is 22.2. The van der Waals surface area contributed by atoms with Crippen LogP contribution >= 0.6 is 0 Å². The van der Waals surface area contributed by atoms with Crippen molar-refractivity contribution in [3.05, 3.63) is 88.9 Å². The van der Waals surface area contributed by atoms with E-state index in [1.807, 2.05) is 61.0 Å². The molecule has 0 aliphatic heterocycles. The maximum atomic E-state index is 12.5. The zero-order valence-corrected chi connectivity index (χ0v) is 19.3. The number of aromatic nitrogens is 4. The van der Waals surface area contributed by atoms with Crippen LogP contribution in [0.3, 0.4) is 0 Å². The Morgan fingerprint density at radius 2 is 1.85 bits per heavy atom. The SMILES string of the molecule is Cc1nn(-c2ccccc2)c(C)c1/C=N/NC(=O)c1cc(-c2ccc(CC(C)C)cc2)n[nH]1. The molecule has 0 saturated heterocycles. The molecule has 0 radical (unpaired) electrons. The van der Waals surface area contributed by atoms with Crippen LogP contribution in [0, 0.1) is 19.8 Å². The number of rotatable bonds is 7. The van der Waals surface area contributed by atoms with Gasteiger partial charge in [0, 0.05) is 11.1 Å². The molecular formula is C26H28N6O. The van der Waals surface area contributed by atoms with E-state index in [4.69, 9.17) is 0 Å². The zero-order valence-electron chi connectivity index (χ0n) is 19.3. The van der Waals surface area contributed by atoms with Crippen molar-refractivity contribution in [1.29, 1.82) is 0 Å². The summed E-state index contributed by atoms with van der Waals surface area (Å²) in [5.74, 6) is 0.254. The molecule has 7 heteroatoms. The minimum Gasteiger partial charge on any atom is -0.272 e. The molecule has 0 bridgehead atoms. The predicted octanol–water partition coefficient (Wildman–Crippen LogP) is 4.84. The number of nitrogens with one attached hydrogen (secondary N) is 2. The van der Waals surface area contributed by atoms with Crippen molar-refractivity contribution < 1.29 is 4.79 Å². The third-order valence-electron chi connectivity index (χ3n) is 5.42. The van der Waals surface area contributed by atoms with E-state index in [0.29, 0.717) is 11.6 Å².